The Balaban J connectivity index is 3.68. The summed E-state index contributed by atoms with van der Waals surface area (Å²) in [6.07, 6.45) is 30.2. The molecule has 238 valence electrons. The zero-order valence-electron chi connectivity index (χ0n) is 26.8. The first-order valence-corrected chi connectivity index (χ1v) is 17.6. The predicted octanol–water partition coefficient (Wildman–Crippen LogP) is 9.78. The van der Waals surface area contributed by atoms with Gasteiger partial charge in [-0.2, -0.15) is 0 Å². The number of unbranched alkanes of at least 4 members (excludes halogenated alkanes) is 24. The average Bonchev–Trinajstić information content (AvgIpc) is 2.96. The van der Waals surface area contributed by atoms with E-state index in [9.17, 15) is 19.8 Å². The van der Waals surface area contributed by atoms with E-state index in [2.05, 4.69) is 13.8 Å². The molecule has 0 aliphatic rings. The van der Waals surface area contributed by atoms with Crippen molar-refractivity contribution in [2.24, 2.45) is 0 Å². The van der Waals surface area contributed by atoms with Crippen LogP contribution in [0.4, 0.5) is 0 Å². The van der Waals surface area contributed by atoms with Gasteiger partial charge in [0, 0.05) is 12.8 Å². The maximum absolute atomic E-state index is 12.4. The Labute approximate surface area is 248 Å². The van der Waals surface area contributed by atoms with E-state index in [4.69, 9.17) is 4.74 Å². The Morgan fingerprint density at radius 1 is 0.500 bits per heavy atom. The van der Waals surface area contributed by atoms with Gasteiger partial charge in [0.2, 0.25) is 0 Å². The van der Waals surface area contributed by atoms with Gasteiger partial charge >= 0.3 is 5.97 Å². The third-order valence-corrected chi connectivity index (χ3v) is 8.16. The molecule has 0 bridgehead atoms. The molecule has 40 heavy (non-hydrogen) atoms. The zero-order valence-corrected chi connectivity index (χ0v) is 26.8. The zero-order chi connectivity index (χ0) is 29.5. The minimum Gasteiger partial charge on any atom is -0.457 e. The number of hydrogen-bond donors (Lipinski definition) is 2. The molecule has 0 saturated carbocycles. The van der Waals surface area contributed by atoms with Crippen LogP contribution in [0.15, 0.2) is 0 Å². The van der Waals surface area contributed by atoms with Crippen LogP contribution in [0.5, 0.6) is 0 Å². The highest BCUT2D eigenvalue weighted by Gasteiger charge is 2.28. The molecule has 0 radical (unpaired) electrons. The van der Waals surface area contributed by atoms with Gasteiger partial charge < -0.3 is 14.9 Å². The van der Waals surface area contributed by atoms with Crippen LogP contribution in [0.3, 0.4) is 0 Å². The Morgan fingerprint density at radius 2 is 0.800 bits per heavy atom. The smallest absolute Gasteiger partial charge is 0.306 e. The SMILES string of the molecule is CCCCCCCCCCCCCCCCCC(=O)C(O)[C@H](CO)OC(=O)CCCCCCCCCCCCC. The van der Waals surface area contributed by atoms with Gasteiger partial charge in [-0.1, -0.05) is 168 Å². The predicted molar refractivity (Wildman–Crippen MR) is 169 cm³/mol. The maximum atomic E-state index is 12.4. The lowest BCUT2D eigenvalue weighted by molar-refractivity contribution is -0.161. The largest absolute Gasteiger partial charge is 0.457 e. The highest BCUT2D eigenvalue weighted by molar-refractivity contribution is 5.83. The Hall–Kier alpha value is -0.940. The summed E-state index contributed by atoms with van der Waals surface area (Å²) in [7, 11) is 0. The molecular weight excluding hydrogens is 500 g/mol. The first-order valence-electron chi connectivity index (χ1n) is 17.6. The number of esters is 1. The van der Waals surface area contributed by atoms with E-state index < -0.39 is 24.8 Å². The molecule has 0 aromatic heterocycles. The Kier molecular flexibility index (Phi) is 30.3. The van der Waals surface area contributed by atoms with Crippen molar-refractivity contribution in [3.63, 3.8) is 0 Å². The van der Waals surface area contributed by atoms with Gasteiger partial charge in [-0.25, -0.2) is 0 Å². The second-order valence-electron chi connectivity index (χ2n) is 12.1. The molecule has 5 nitrogen and oxygen atoms in total. The number of rotatable bonds is 32. The molecule has 0 rings (SSSR count). The number of ether oxygens (including phenoxy) is 1. The quantitative estimate of drug-likeness (QED) is 0.0623. The van der Waals surface area contributed by atoms with Gasteiger partial charge in [0.15, 0.2) is 18.0 Å². The van der Waals surface area contributed by atoms with E-state index in [-0.39, 0.29) is 18.6 Å². The Bertz CT molecular complexity index is 550. The molecule has 0 aliphatic carbocycles. The topological polar surface area (TPSA) is 83.8 Å². The van der Waals surface area contributed by atoms with Crippen molar-refractivity contribution in [2.45, 2.75) is 206 Å². The van der Waals surface area contributed by atoms with Crippen molar-refractivity contribution in [3.05, 3.63) is 0 Å². The van der Waals surface area contributed by atoms with Gasteiger partial charge in [0.25, 0.3) is 0 Å². The molecule has 1 unspecified atom stereocenters. The van der Waals surface area contributed by atoms with Crippen LogP contribution in [0.2, 0.25) is 0 Å². The third kappa shape index (κ3) is 26.0. The monoisotopic (exact) mass is 569 g/mol. The van der Waals surface area contributed by atoms with Crippen LogP contribution in [-0.4, -0.2) is 40.8 Å². The van der Waals surface area contributed by atoms with Gasteiger partial charge in [-0.15, -0.1) is 0 Å². The summed E-state index contributed by atoms with van der Waals surface area (Å²) in [4.78, 5) is 24.5. The normalized spacial score (nSPS) is 12.9. The number of ketones is 1. The Morgan fingerprint density at radius 3 is 1.12 bits per heavy atom. The van der Waals surface area contributed by atoms with Crippen molar-refractivity contribution in [1.82, 2.24) is 0 Å². The number of carbonyl (C=O) groups is 2. The molecule has 0 amide bonds. The van der Waals surface area contributed by atoms with E-state index in [1.165, 1.54) is 128 Å². The number of carbonyl (C=O) groups excluding carboxylic acids is 2. The van der Waals surface area contributed by atoms with Crippen LogP contribution < -0.4 is 0 Å². The molecule has 0 aromatic carbocycles. The van der Waals surface area contributed by atoms with Gasteiger partial charge in [-0.3, -0.25) is 9.59 Å². The summed E-state index contributed by atoms with van der Waals surface area (Å²) in [5.41, 5.74) is 0. The second-order valence-corrected chi connectivity index (χ2v) is 12.1. The standard InChI is InChI=1S/C35H68O5/c1-3-5-7-9-11-13-15-16-17-18-20-21-23-25-27-29-32(37)35(39)33(31-36)40-34(38)30-28-26-24-22-19-14-12-10-8-6-4-2/h33,35-36,39H,3-31H2,1-2H3/t33-,35?/m0/s1. The number of Topliss-reactive ketones (excluding diaryl/α,β-unsaturated/α-hetero) is 1. The van der Waals surface area contributed by atoms with E-state index in [1.807, 2.05) is 0 Å². The average molecular weight is 569 g/mol. The van der Waals surface area contributed by atoms with Crippen LogP contribution in [0, 0.1) is 0 Å². The lowest BCUT2D eigenvalue weighted by atomic mass is 10.0. The van der Waals surface area contributed by atoms with E-state index >= 15 is 0 Å². The minimum absolute atomic E-state index is 0.270. The summed E-state index contributed by atoms with van der Waals surface area (Å²) < 4.78 is 5.24. The van der Waals surface area contributed by atoms with Gasteiger partial charge in [-0.05, 0) is 12.8 Å². The van der Waals surface area contributed by atoms with Crippen LogP contribution in [0.1, 0.15) is 194 Å². The fourth-order valence-corrected chi connectivity index (χ4v) is 5.39. The van der Waals surface area contributed by atoms with Crippen LogP contribution in [0.25, 0.3) is 0 Å². The molecule has 0 aliphatic heterocycles. The molecule has 0 heterocycles. The van der Waals surface area contributed by atoms with Crippen molar-refractivity contribution >= 4 is 11.8 Å². The summed E-state index contributed by atoms with van der Waals surface area (Å²) >= 11 is 0. The van der Waals surface area contributed by atoms with Gasteiger partial charge in [0.1, 0.15) is 0 Å². The maximum Gasteiger partial charge on any atom is 0.306 e. The number of hydrogen-bond acceptors (Lipinski definition) is 5. The summed E-state index contributed by atoms with van der Waals surface area (Å²) in [6, 6.07) is 0. The molecule has 2 N–H and O–H groups in total. The van der Waals surface area contributed by atoms with Crippen molar-refractivity contribution in [3.8, 4) is 0 Å². The van der Waals surface area contributed by atoms with E-state index in [0.29, 0.717) is 0 Å². The van der Waals surface area contributed by atoms with Crippen molar-refractivity contribution in [1.29, 1.82) is 0 Å². The number of aliphatic hydroxyl groups excluding tert-OH is 2. The number of aliphatic hydroxyl groups is 2. The lowest BCUT2D eigenvalue weighted by Gasteiger charge is -2.20. The molecule has 0 saturated heterocycles. The van der Waals surface area contributed by atoms with Crippen LogP contribution >= 0.6 is 0 Å². The molecule has 5 heteroatoms. The minimum atomic E-state index is -1.43. The molecular formula is C35H68O5. The fourth-order valence-electron chi connectivity index (χ4n) is 5.39. The van der Waals surface area contributed by atoms with Gasteiger partial charge in [0.05, 0.1) is 6.61 Å². The van der Waals surface area contributed by atoms with E-state index in [1.54, 1.807) is 0 Å². The van der Waals surface area contributed by atoms with Crippen molar-refractivity contribution < 1.29 is 24.5 Å². The second kappa shape index (κ2) is 31.0. The fraction of sp³-hybridized carbons (Fsp3) is 0.943. The lowest BCUT2D eigenvalue weighted by Crippen LogP contribution is -2.40. The molecule has 2 atom stereocenters. The summed E-state index contributed by atoms with van der Waals surface area (Å²) in [5.74, 6) is -0.773. The molecule has 0 aromatic rings. The first kappa shape index (κ1) is 39.1. The first-order chi connectivity index (χ1) is 19.6. The summed E-state index contributed by atoms with van der Waals surface area (Å²) in [6.45, 7) is 3.97. The molecule has 0 spiro atoms. The highest BCUT2D eigenvalue weighted by Crippen LogP contribution is 2.16. The summed E-state index contributed by atoms with van der Waals surface area (Å²) in [5, 5.41) is 19.9. The third-order valence-electron chi connectivity index (χ3n) is 8.16. The molecule has 0 fully saturated rings. The van der Waals surface area contributed by atoms with Crippen molar-refractivity contribution in [2.75, 3.05) is 6.61 Å². The van der Waals surface area contributed by atoms with Crippen LogP contribution in [-0.2, 0) is 14.3 Å². The highest BCUT2D eigenvalue weighted by atomic mass is 16.6. The van der Waals surface area contributed by atoms with E-state index in [0.717, 1.165) is 38.5 Å².